The molecular formula is C13H13F3N4OS. The summed E-state index contributed by atoms with van der Waals surface area (Å²) in [6.45, 7) is 3.11. The number of anilines is 1. The summed E-state index contributed by atoms with van der Waals surface area (Å²) in [7, 11) is 0. The second-order valence-electron chi connectivity index (χ2n) is 4.87. The van der Waals surface area contributed by atoms with E-state index < -0.39 is 11.9 Å². The summed E-state index contributed by atoms with van der Waals surface area (Å²) in [5.74, 6) is 0.0661. The van der Waals surface area contributed by atoms with Crippen LogP contribution in [-0.2, 0) is 10.9 Å². The fourth-order valence-electron chi connectivity index (χ4n) is 2.16. The second kappa shape index (κ2) is 5.81. The molecule has 5 nitrogen and oxygen atoms in total. The lowest BCUT2D eigenvalue weighted by Crippen LogP contribution is -2.39. The molecule has 9 heteroatoms. The molecule has 1 atom stereocenters. The Hall–Kier alpha value is -1.74. The molecule has 22 heavy (non-hydrogen) atoms. The molecule has 1 saturated heterocycles. The first-order valence-electron chi connectivity index (χ1n) is 6.62. The highest BCUT2D eigenvalue weighted by Gasteiger charge is 2.34. The van der Waals surface area contributed by atoms with E-state index in [0.717, 1.165) is 23.0 Å². The highest BCUT2D eigenvalue weighted by molar-refractivity contribution is 7.09. The van der Waals surface area contributed by atoms with Crippen molar-refractivity contribution in [2.45, 2.75) is 19.2 Å². The summed E-state index contributed by atoms with van der Waals surface area (Å²) in [6, 6.07) is 0.867. The van der Waals surface area contributed by atoms with E-state index in [4.69, 9.17) is 4.74 Å². The van der Waals surface area contributed by atoms with Crippen molar-refractivity contribution < 1.29 is 17.9 Å². The molecule has 118 valence electrons. The van der Waals surface area contributed by atoms with Crippen LogP contribution in [-0.4, -0.2) is 34.6 Å². The van der Waals surface area contributed by atoms with E-state index in [1.165, 1.54) is 11.3 Å². The molecule has 3 rings (SSSR count). The third-order valence-corrected chi connectivity index (χ3v) is 4.25. The number of nitrogens with zero attached hydrogens (tertiary/aromatic N) is 4. The number of aryl methyl sites for hydroxylation is 1. The summed E-state index contributed by atoms with van der Waals surface area (Å²) < 4.78 is 43.9. The van der Waals surface area contributed by atoms with Crippen LogP contribution < -0.4 is 4.90 Å². The number of hydrogen-bond donors (Lipinski definition) is 0. The van der Waals surface area contributed by atoms with Crippen LogP contribution >= 0.6 is 11.3 Å². The van der Waals surface area contributed by atoms with Gasteiger partial charge in [0.15, 0.2) is 0 Å². The van der Waals surface area contributed by atoms with Crippen LogP contribution in [0, 0.1) is 6.92 Å². The van der Waals surface area contributed by atoms with Gasteiger partial charge in [0.2, 0.25) is 5.95 Å². The van der Waals surface area contributed by atoms with Crippen LogP contribution in [0.2, 0.25) is 0 Å². The molecule has 3 heterocycles. The van der Waals surface area contributed by atoms with E-state index in [2.05, 4.69) is 15.0 Å². The molecule has 0 spiro atoms. The minimum Gasteiger partial charge on any atom is -0.367 e. The van der Waals surface area contributed by atoms with Gasteiger partial charge in [-0.25, -0.2) is 15.0 Å². The van der Waals surface area contributed by atoms with Gasteiger partial charge < -0.3 is 9.64 Å². The van der Waals surface area contributed by atoms with E-state index in [-0.39, 0.29) is 12.1 Å². The smallest absolute Gasteiger partial charge is 0.367 e. The maximum absolute atomic E-state index is 12.7. The van der Waals surface area contributed by atoms with E-state index in [1.54, 1.807) is 4.90 Å². The Morgan fingerprint density at radius 3 is 2.86 bits per heavy atom. The van der Waals surface area contributed by atoms with Gasteiger partial charge in [-0.3, -0.25) is 0 Å². The van der Waals surface area contributed by atoms with Crippen molar-refractivity contribution in [3.8, 4) is 0 Å². The monoisotopic (exact) mass is 330 g/mol. The first kappa shape index (κ1) is 15.2. The predicted molar refractivity (Wildman–Crippen MR) is 74.8 cm³/mol. The molecule has 0 radical (unpaired) electrons. The van der Waals surface area contributed by atoms with Crippen molar-refractivity contribution in [3.05, 3.63) is 34.0 Å². The number of thiazole rings is 1. The number of halogens is 3. The largest absolute Gasteiger partial charge is 0.433 e. The van der Waals surface area contributed by atoms with Gasteiger partial charge in [0.25, 0.3) is 0 Å². The maximum Gasteiger partial charge on any atom is 0.433 e. The number of alkyl halides is 3. The van der Waals surface area contributed by atoms with Gasteiger partial charge in [0.1, 0.15) is 16.8 Å². The lowest BCUT2D eigenvalue weighted by molar-refractivity contribution is -0.141. The third-order valence-electron chi connectivity index (χ3n) is 3.19. The van der Waals surface area contributed by atoms with E-state index >= 15 is 0 Å². The van der Waals surface area contributed by atoms with Crippen LogP contribution in [0.4, 0.5) is 19.1 Å². The minimum atomic E-state index is -4.48. The summed E-state index contributed by atoms with van der Waals surface area (Å²) >= 11 is 1.48. The van der Waals surface area contributed by atoms with Gasteiger partial charge >= 0.3 is 6.18 Å². The van der Waals surface area contributed by atoms with Gasteiger partial charge in [-0.1, -0.05) is 0 Å². The molecule has 1 aliphatic rings. The predicted octanol–water partition coefficient (Wildman–Crippen LogP) is 2.84. The first-order chi connectivity index (χ1) is 10.4. The lowest BCUT2D eigenvalue weighted by atomic mass is 10.3. The van der Waals surface area contributed by atoms with Crippen molar-refractivity contribution in [3.63, 3.8) is 0 Å². The third kappa shape index (κ3) is 3.20. The van der Waals surface area contributed by atoms with Crippen molar-refractivity contribution in [2.24, 2.45) is 0 Å². The second-order valence-corrected chi connectivity index (χ2v) is 5.76. The van der Waals surface area contributed by atoms with E-state index in [0.29, 0.717) is 19.7 Å². The van der Waals surface area contributed by atoms with Crippen LogP contribution in [0.1, 0.15) is 22.5 Å². The molecule has 1 unspecified atom stereocenters. The van der Waals surface area contributed by atoms with Crippen molar-refractivity contribution in [1.82, 2.24) is 15.0 Å². The fourth-order valence-corrected chi connectivity index (χ4v) is 2.99. The Labute approximate surface area is 128 Å². The number of morpholine rings is 1. The molecule has 1 fully saturated rings. The van der Waals surface area contributed by atoms with Crippen LogP contribution in [0.25, 0.3) is 0 Å². The molecule has 0 N–H and O–H groups in total. The average molecular weight is 330 g/mol. The Morgan fingerprint density at radius 1 is 1.36 bits per heavy atom. The summed E-state index contributed by atoms with van der Waals surface area (Å²) in [6.07, 6.45) is -3.62. The van der Waals surface area contributed by atoms with Crippen LogP contribution in [0.5, 0.6) is 0 Å². The average Bonchev–Trinajstić information content (AvgIpc) is 2.93. The molecule has 0 bridgehead atoms. The number of aromatic nitrogens is 3. The van der Waals surface area contributed by atoms with Crippen molar-refractivity contribution >= 4 is 17.3 Å². The van der Waals surface area contributed by atoms with Gasteiger partial charge in [0, 0.05) is 23.8 Å². The molecule has 1 aliphatic heterocycles. The van der Waals surface area contributed by atoms with Crippen LogP contribution in [0.15, 0.2) is 17.6 Å². The Bertz CT molecular complexity index is 661. The molecule has 0 aliphatic carbocycles. The standard InChI is InChI=1S/C13H13F3N4OS/c1-8-7-22-11(18-8)9-6-20(4-5-21-9)12-17-3-2-10(19-12)13(14,15)16/h2-3,7,9H,4-6H2,1H3. The summed E-state index contributed by atoms with van der Waals surface area (Å²) in [4.78, 5) is 13.6. The molecule has 0 amide bonds. The molecule has 2 aromatic heterocycles. The highest BCUT2D eigenvalue weighted by Crippen LogP contribution is 2.30. The normalized spacial score (nSPS) is 19.5. The summed E-state index contributed by atoms with van der Waals surface area (Å²) in [5, 5.41) is 2.73. The van der Waals surface area contributed by atoms with Crippen LogP contribution in [0.3, 0.4) is 0 Å². The zero-order chi connectivity index (χ0) is 15.7. The molecule has 0 saturated carbocycles. The Balaban J connectivity index is 1.80. The van der Waals surface area contributed by atoms with E-state index in [1.807, 2.05) is 12.3 Å². The van der Waals surface area contributed by atoms with Gasteiger partial charge in [-0.2, -0.15) is 13.2 Å². The van der Waals surface area contributed by atoms with E-state index in [9.17, 15) is 13.2 Å². The first-order valence-corrected chi connectivity index (χ1v) is 7.50. The van der Waals surface area contributed by atoms with Gasteiger partial charge in [-0.05, 0) is 13.0 Å². The number of ether oxygens (including phenoxy) is 1. The lowest BCUT2D eigenvalue weighted by Gasteiger charge is -2.32. The number of rotatable bonds is 2. The zero-order valence-corrected chi connectivity index (χ0v) is 12.5. The highest BCUT2D eigenvalue weighted by atomic mass is 32.1. The Kier molecular flexibility index (Phi) is 4.00. The molecule has 0 aromatic carbocycles. The molecular weight excluding hydrogens is 317 g/mol. The number of hydrogen-bond acceptors (Lipinski definition) is 6. The van der Waals surface area contributed by atoms with Gasteiger partial charge in [-0.15, -0.1) is 11.3 Å². The fraction of sp³-hybridized carbons (Fsp3) is 0.462. The minimum absolute atomic E-state index is 0.0661. The SMILES string of the molecule is Cc1csc(C2CN(c3nccc(C(F)(F)F)n3)CCO2)n1. The topological polar surface area (TPSA) is 51.1 Å². The Morgan fingerprint density at radius 2 is 2.18 bits per heavy atom. The zero-order valence-electron chi connectivity index (χ0n) is 11.7. The maximum atomic E-state index is 12.7. The van der Waals surface area contributed by atoms with Crippen molar-refractivity contribution in [1.29, 1.82) is 0 Å². The van der Waals surface area contributed by atoms with Gasteiger partial charge in [0.05, 0.1) is 13.2 Å². The summed E-state index contributed by atoms with van der Waals surface area (Å²) in [5.41, 5.74) is -0.0401. The van der Waals surface area contributed by atoms with Crippen molar-refractivity contribution in [2.75, 3.05) is 24.6 Å². The molecule has 2 aromatic rings. The quantitative estimate of drug-likeness (QED) is 0.847.